The molecule has 0 fully saturated rings. The van der Waals surface area contributed by atoms with E-state index in [1.165, 1.54) is 52.1 Å². The standard InChI is InChI=1S/C8H19N2.2C4H10N.Al/c1-4-8(9-3)6-7-10-5-2;2*1-3-5-4-2;/h8-9H,4-7H2,1-3H3;2*3-4H2,1-2H3;/q3*-1;+3. The van der Waals surface area contributed by atoms with Crippen LogP contribution in [0.5, 0.6) is 0 Å². The molecule has 0 amide bonds. The molecular formula is C16H39AlN4. The van der Waals surface area contributed by atoms with Crippen LogP contribution >= 0.6 is 0 Å². The Morgan fingerprint density at radius 2 is 1.19 bits per heavy atom. The third-order valence-electron chi connectivity index (χ3n) is 4.68. The van der Waals surface area contributed by atoms with Gasteiger partial charge in [-0.1, -0.05) is 41.5 Å². The van der Waals surface area contributed by atoms with Crippen molar-refractivity contribution in [1.29, 1.82) is 0 Å². The van der Waals surface area contributed by atoms with Gasteiger partial charge in [0.05, 0.1) is 0 Å². The van der Waals surface area contributed by atoms with Crippen molar-refractivity contribution in [3.8, 4) is 0 Å². The van der Waals surface area contributed by atoms with Crippen LogP contribution in [0.3, 0.4) is 0 Å². The second-order valence-corrected chi connectivity index (χ2v) is 8.48. The highest BCUT2D eigenvalue weighted by Crippen LogP contribution is 2.10. The molecule has 0 radical (unpaired) electrons. The second kappa shape index (κ2) is 12.9. The van der Waals surface area contributed by atoms with E-state index in [0.717, 1.165) is 0 Å². The molecule has 0 heterocycles. The van der Waals surface area contributed by atoms with Crippen LogP contribution in [0.25, 0.3) is 0 Å². The number of hydrogen-bond acceptors (Lipinski definition) is 4. The maximum atomic E-state index is 3.45. The zero-order chi connectivity index (χ0) is 16.3. The molecule has 5 heteroatoms. The maximum Gasteiger partial charge on any atom is 0.609 e. The van der Waals surface area contributed by atoms with E-state index in [2.05, 4.69) is 65.6 Å². The van der Waals surface area contributed by atoms with Crippen LogP contribution in [-0.4, -0.2) is 78.8 Å². The highest BCUT2D eigenvalue weighted by molar-refractivity contribution is 6.49. The highest BCUT2D eigenvalue weighted by Gasteiger charge is 2.38. The van der Waals surface area contributed by atoms with Crippen molar-refractivity contribution < 1.29 is 0 Å². The molecule has 0 aromatic heterocycles. The summed E-state index contributed by atoms with van der Waals surface area (Å²) < 4.78 is 8.22. The first-order valence-electron chi connectivity index (χ1n) is 9.02. The van der Waals surface area contributed by atoms with Crippen LogP contribution in [0.15, 0.2) is 0 Å². The zero-order valence-electron chi connectivity index (χ0n) is 15.7. The van der Waals surface area contributed by atoms with Gasteiger partial charge in [-0.2, -0.15) is 0 Å². The van der Waals surface area contributed by atoms with Crippen LogP contribution in [0.1, 0.15) is 54.4 Å². The van der Waals surface area contributed by atoms with Crippen molar-refractivity contribution >= 4 is 14.8 Å². The van der Waals surface area contributed by atoms with Gasteiger partial charge in [-0.15, -0.1) is 0 Å². The Bertz CT molecular complexity index is 216. The SMILES string of the molecule is CCC(CC[N](CC)[Al]([N](CC)CC)[N](CC)CC)NC. The van der Waals surface area contributed by atoms with Gasteiger partial charge in [0.25, 0.3) is 0 Å². The molecule has 1 N–H and O–H groups in total. The monoisotopic (exact) mass is 314 g/mol. The molecule has 4 nitrogen and oxygen atoms in total. The summed E-state index contributed by atoms with van der Waals surface area (Å²) in [5, 5.41) is 3.45. The van der Waals surface area contributed by atoms with Gasteiger partial charge < -0.3 is 17.0 Å². The van der Waals surface area contributed by atoms with Gasteiger partial charge in [0.15, 0.2) is 0 Å². The Morgan fingerprint density at radius 3 is 1.48 bits per heavy atom. The first-order valence-corrected chi connectivity index (χ1v) is 10.6. The third kappa shape index (κ3) is 6.99. The summed E-state index contributed by atoms with van der Waals surface area (Å²) in [5.41, 5.74) is 0. The Hall–Kier alpha value is 0.372. The van der Waals surface area contributed by atoms with Crippen LogP contribution < -0.4 is 5.32 Å². The Kier molecular flexibility index (Phi) is 13.1. The Labute approximate surface area is 138 Å². The van der Waals surface area contributed by atoms with E-state index in [1.54, 1.807) is 0 Å². The Morgan fingerprint density at radius 1 is 0.762 bits per heavy atom. The fraction of sp³-hybridized carbons (Fsp3) is 1.00. The second-order valence-electron chi connectivity index (χ2n) is 5.60. The summed E-state index contributed by atoms with van der Waals surface area (Å²) in [7, 11) is 2.09. The van der Waals surface area contributed by atoms with E-state index < -0.39 is 14.8 Å². The molecule has 0 saturated heterocycles. The minimum atomic E-state index is -1.19. The van der Waals surface area contributed by atoms with E-state index in [-0.39, 0.29) is 0 Å². The van der Waals surface area contributed by atoms with E-state index in [4.69, 9.17) is 0 Å². The minimum absolute atomic E-state index is 0.655. The van der Waals surface area contributed by atoms with Crippen molar-refractivity contribution in [3.05, 3.63) is 0 Å². The lowest BCUT2D eigenvalue weighted by molar-refractivity contribution is 0.279. The summed E-state index contributed by atoms with van der Waals surface area (Å²) in [5.74, 6) is 0. The van der Waals surface area contributed by atoms with Gasteiger partial charge in [-0.25, -0.2) is 0 Å². The molecule has 21 heavy (non-hydrogen) atoms. The van der Waals surface area contributed by atoms with Crippen molar-refractivity contribution in [2.45, 2.75) is 60.4 Å². The number of nitrogens with zero attached hydrogens (tertiary/aromatic N) is 3. The summed E-state index contributed by atoms with van der Waals surface area (Å²) in [6, 6.07) is 0.655. The summed E-state index contributed by atoms with van der Waals surface area (Å²) in [4.78, 5) is 0. The van der Waals surface area contributed by atoms with E-state index in [0.29, 0.717) is 6.04 Å². The molecule has 1 atom stereocenters. The number of nitrogens with one attached hydrogen (secondary N) is 1. The van der Waals surface area contributed by atoms with Gasteiger partial charge >= 0.3 is 14.8 Å². The summed E-state index contributed by atoms with van der Waals surface area (Å²) >= 11 is -1.19. The van der Waals surface area contributed by atoms with Crippen LogP contribution in [0.2, 0.25) is 0 Å². The lowest BCUT2D eigenvalue weighted by Crippen LogP contribution is -2.63. The molecule has 126 valence electrons. The lowest BCUT2D eigenvalue weighted by Gasteiger charge is -2.40. The average molecular weight is 314 g/mol. The maximum absolute atomic E-state index is 3.45. The molecule has 0 aliphatic rings. The molecule has 0 aromatic carbocycles. The molecular weight excluding hydrogens is 275 g/mol. The molecule has 0 saturated carbocycles. The van der Waals surface area contributed by atoms with Crippen LogP contribution in [-0.2, 0) is 0 Å². The number of hydrogen-bond donors (Lipinski definition) is 1. The predicted molar refractivity (Wildman–Crippen MR) is 96.6 cm³/mol. The topological polar surface area (TPSA) is 21.8 Å². The summed E-state index contributed by atoms with van der Waals surface area (Å²) in [6.45, 7) is 20.9. The minimum Gasteiger partial charge on any atom is -0.357 e. The van der Waals surface area contributed by atoms with Crippen LogP contribution in [0.4, 0.5) is 0 Å². The third-order valence-corrected chi connectivity index (χ3v) is 8.72. The first kappa shape index (κ1) is 21.4. The van der Waals surface area contributed by atoms with Crippen molar-refractivity contribution in [2.75, 3.05) is 46.3 Å². The lowest BCUT2D eigenvalue weighted by atomic mass is 10.1. The molecule has 0 rings (SSSR count). The zero-order valence-corrected chi connectivity index (χ0v) is 16.8. The van der Waals surface area contributed by atoms with Gasteiger partial charge in [-0.05, 0) is 59.2 Å². The normalized spacial score (nSPS) is 13.4. The molecule has 0 aromatic rings. The molecule has 1 unspecified atom stereocenters. The van der Waals surface area contributed by atoms with Gasteiger partial charge in [0.1, 0.15) is 0 Å². The van der Waals surface area contributed by atoms with E-state index in [9.17, 15) is 0 Å². The van der Waals surface area contributed by atoms with Gasteiger partial charge in [-0.3, -0.25) is 0 Å². The molecule has 0 spiro atoms. The van der Waals surface area contributed by atoms with Crippen molar-refractivity contribution in [1.82, 2.24) is 17.0 Å². The molecule has 0 bridgehead atoms. The highest BCUT2D eigenvalue weighted by atomic mass is 27.2. The van der Waals surface area contributed by atoms with Crippen LogP contribution in [0, 0.1) is 0 Å². The van der Waals surface area contributed by atoms with Crippen molar-refractivity contribution in [3.63, 3.8) is 0 Å². The molecule has 0 aliphatic carbocycles. The van der Waals surface area contributed by atoms with Gasteiger partial charge in [0.2, 0.25) is 0 Å². The molecule has 0 aliphatic heterocycles. The largest absolute Gasteiger partial charge is 0.609 e. The fourth-order valence-electron chi connectivity index (χ4n) is 3.10. The first-order chi connectivity index (χ1) is 10.1. The average Bonchev–Trinajstić information content (AvgIpc) is 2.53. The fourth-order valence-corrected chi connectivity index (χ4v) is 6.50. The van der Waals surface area contributed by atoms with Gasteiger partial charge in [0, 0.05) is 6.04 Å². The quantitative estimate of drug-likeness (QED) is 0.527. The van der Waals surface area contributed by atoms with E-state index >= 15 is 0 Å². The van der Waals surface area contributed by atoms with E-state index in [1.807, 2.05) is 0 Å². The Balaban J connectivity index is 4.96. The number of rotatable bonds is 13. The summed E-state index contributed by atoms with van der Waals surface area (Å²) in [6.07, 6.45) is 2.48. The smallest absolute Gasteiger partial charge is 0.357 e. The van der Waals surface area contributed by atoms with Crippen molar-refractivity contribution in [2.24, 2.45) is 0 Å². The predicted octanol–water partition coefficient (Wildman–Crippen LogP) is 2.36.